The molecule has 5 heteroatoms. The van der Waals surface area contributed by atoms with Gasteiger partial charge in [-0.15, -0.1) is 0 Å². The van der Waals surface area contributed by atoms with Gasteiger partial charge in [-0.3, -0.25) is 4.79 Å². The molecule has 0 saturated heterocycles. The molecule has 0 aromatic carbocycles. The first-order chi connectivity index (χ1) is 8.59. The van der Waals surface area contributed by atoms with Crippen molar-refractivity contribution in [1.29, 1.82) is 0 Å². The van der Waals surface area contributed by atoms with E-state index in [0.29, 0.717) is 6.42 Å². The van der Waals surface area contributed by atoms with Crippen LogP contribution in [0.3, 0.4) is 0 Å². The van der Waals surface area contributed by atoms with Crippen molar-refractivity contribution in [3.05, 3.63) is 0 Å². The maximum Gasteiger partial charge on any atom is 0.334 e. The Bertz CT molecular complexity index is 274. The van der Waals surface area contributed by atoms with Crippen molar-refractivity contribution in [3.8, 4) is 0 Å². The number of carbonyl (C=O) groups excluding carboxylic acids is 1. The summed E-state index contributed by atoms with van der Waals surface area (Å²) in [6, 6.07) is 0. The van der Waals surface area contributed by atoms with Gasteiger partial charge in [-0.25, -0.2) is 4.79 Å². The highest BCUT2D eigenvalue weighted by Crippen LogP contribution is 2.27. The summed E-state index contributed by atoms with van der Waals surface area (Å²) in [7, 11) is 0. The molecule has 1 amide bonds. The zero-order valence-electron chi connectivity index (χ0n) is 10.7. The van der Waals surface area contributed by atoms with Crippen molar-refractivity contribution in [3.63, 3.8) is 0 Å². The maximum absolute atomic E-state index is 11.4. The van der Waals surface area contributed by atoms with Crippen LogP contribution in [0.2, 0.25) is 0 Å². The molecule has 1 aliphatic carbocycles. The Morgan fingerprint density at radius 3 is 2.50 bits per heavy atom. The summed E-state index contributed by atoms with van der Waals surface area (Å²) >= 11 is 0. The number of aliphatic carboxylic acids is 1. The average Bonchev–Trinajstić information content (AvgIpc) is 2.37. The number of aliphatic hydroxyl groups is 1. The van der Waals surface area contributed by atoms with E-state index in [1.165, 1.54) is 32.1 Å². The smallest absolute Gasteiger partial charge is 0.334 e. The van der Waals surface area contributed by atoms with E-state index in [1.54, 1.807) is 0 Å². The number of amides is 1. The van der Waals surface area contributed by atoms with Crippen LogP contribution < -0.4 is 5.32 Å². The molecule has 0 aromatic heterocycles. The van der Waals surface area contributed by atoms with Crippen LogP contribution in [-0.2, 0) is 9.59 Å². The quantitative estimate of drug-likeness (QED) is 0.641. The Morgan fingerprint density at radius 2 is 1.89 bits per heavy atom. The van der Waals surface area contributed by atoms with Crippen LogP contribution in [0.1, 0.15) is 51.4 Å². The van der Waals surface area contributed by atoms with Crippen LogP contribution in [-0.4, -0.2) is 34.7 Å². The summed E-state index contributed by atoms with van der Waals surface area (Å²) < 4.78 is 0. The molecule has 104 valence electrons. The summed E-state index contributed by atoms with van der Waals surface area (Å²) in [6.07, 6.45) is 7.34. The first-order valence-electron chi connectivity index (χ1n) is 6.77. The summed E-state index contributed by atoms with van der Waals surface area (Å²) in [5.41, 5.74) is 0. The molecular formula is C13H23NO4. The molecule has 0 heterocycles. The van der Waals surface area contributed by atoms with Crippen molar-refractivity contribution < 1.29 is 19.8 Å². The standard InChI is InChI=1S/C13H23NO4/c15-11(13(17)18)9-14-12(16)8-4-7-10-5-2-1-3-6-10/h10-11,15H,1-9H2,(H,14,16)(H,17,18). The Kier molecular flexibility index (Phi) is 6.72. The van der Waals surface area contributed by atoms with Gasteiger partial charge >= 0.3 is 5.97 Å². The molecule has 1 saturated carbocycles. The molecule has 1 fully saturated rings. The number of nitrogens with one attached hydrogen (secondary N) is 1. The molecule has 3 N–H and O–H groups in total. The Labute approximate surface area is 108 Å². The highest BCUT2D eigenvalue weighted by Gasteiger charge is 2.15. The zero-order chi connectivity index (χ0) is 13.4. The third-order valence-electron chi connectivity index (χ3n) is 3.52. The van der Waals surface area contributed by atoms with Crippen LogP contribution in [0.5, 0.6) is 0 Å². The minimum absolute atomic E-state index is 0.175. The minimum Gasteiger partial charge on any atom is -0.479 e. The first kappa shape index (κ1) is 15.0. The normalized spacial score (nSPS) is 18.3. The van der Waals surface area contributed by atoms with E-state index < -0.39 is 12.1 Å². The van der Waals surface area contributed by atoms with Crippen molar-refractivity contribution in [2.45, 2.75) is 57.5 Å². The van der Waals surface area contributed by atoms with Gasteiger partial charge < -0.3 is 15.5 Å². The van der Waals surface area contributed by atoms with Gasteiger partial charge in [0.05, 0.1) is 6.54 Å². The van der Waals surface area contributed by atoms with Crippen LogP contribution in [0.25, 0.3) is 0 Å². The lowest BCUT2D eigenvalue weighted by Gasteiger charge is -2.21. The Balaban J connectivity index is 2.04. The van der Waals surface area contributed by atoms with Gasteiger partial charge in [-0.1, -0.05) is 32.1 Å². The molecule has 1 aliphatic rings. The van der Waals surface area contributed by atoms with Gasteiger partial charge in [-0.2, -0.15) is 0 Å². The average molecular weight is 257 g/mol. The highest BCUT2D eigenvalue weighted by molar-refractivity contribution is 5.77. The van der Waals surface area contributed by atoms with Crippen molar-refractivity contribution in [2.75, 3.05) is 6.54 Å². The number of carboxylic acid groups (broad SMARTS) is 1. The Morgan fingerprint density at radius 1 is 1.22 bits per heavy atom. The van der Waals surface area contributed by atoms with Gasteiger partial charge in [0.15, 0.2) is 6.10 Å². The lowest BCUT2D eigenvalue weighted by Crippen LogP contribution is -2.36. The minimum atomic E-state index is -1.51. The van der Waals surface area contributed by atoms with Gasteiger partial charge in [0.2, 0.25) is 5.91 Å². The monoisotopic (exact) mass is 257 g/mol. The van der Waals surface area contributed by atoms with Gasteiger partial charge in [0, 0.05) is 6.42 Å². The summed E-state index contributed by atoms with van der Waals surface area (Å²) in [5.74, 6) is -0.722. The van der Waals surface area contributed by atoms with Crippen LogP contribution >= 0.6 is 0 Å². The summed E-state index contributed by atoms with van der Waals surface area (Å²) in [4.78, 5) is 21.7. The zero-order valence-corrected chi connectivity index (χ0v) is 10.7. The molecule has 0 spiro atoms. The fourth-order valence-corrected chi connectivity index (χ4v) is 2.41. The molecule has 0 aliphatic heterocycles. The number of aliphatic hydroxyl groups excluding tert-OH is 1. The van der Waals surface area contributed by atoms with Crippen LogP contribution in [0, 0.1) is 5.92 Å². The third kappa shape index (κ3) is 6.00. The molecule has 1 rings (SSSR count). The van der Waals surface area contributed by atoms with E-state index in [9.17, 15) is 9.59 Å². The summed E-state index contributed by atoms with van der Waals surface area (Å²) in [5, 5.41) is 19.9. The number of hydrogen-bond donors (Lipinski definition) is 3. The highest BCUT2D eigenvalue weighted by atomic mass is 16.4. The van der Waals surface area contributed by atoms with Crippen molar-refractivity contribution >= 4 is 11.9 Å². The number of rotatable bonds is 7. The lowest BCUT2D eigenvalue weighted by atomic mass is 9.86. The second-order valence-electron chi connectivity index (χ2n) is 5.05. The molecule has 0 radical (unpaired) electrons. The first-order valence-corrected chi connectivity index (χ1v) is 6.77. The summed E-state index contributed by atoms with van der Waals surface area (Å²) in [6.45, 7) is -0.211. The van der Waals surface area contributed by atoms with E-state index in [4.69, 9.17) is 10.2 Å². The SMILES string of the molecule is O=C(CCCC1CCCCC1)NCC(O)C(=O)O. The van der Waals surface area contributed by atoms with Crippen LogP contribution in [0.4, 0.5) is 0 Å². The molecule has 0 aromatic rings. The van der Waals surface area contributed by atoms with E-state index in [0.717, 1.165) is 18.8 Å². The van der Waals surface area contributed by atoms with E-state index in [2.05, 4.69) is 5.32 Å². The largest absolute Gasteiger partial charge is 0.479 e. The van der Waals surface area contributed by atoms with Crippen LogP contribution in [0.15, 0.2) is 0 Å². The van der Waals surface area contributed by atoms with E-state index >= 15 is 0 Å². The second-order valence-corrected chi connectivity index (χ2v) is 5.05. The molecule has 1 atom stereocenters. The molecule has 0 bridgehead atoms. The predicted octanol–water partition coefficient (Wildman–Crippen LogP) is 1.30. The molecular weight excluding hydrogens is 234 g/mol. The molecule has 18 heavy (non-hydrogen) atoms. The number of carbonyl (C=O) groups is 2. The third-order valence-corrected chi connectivity index (χ3v) is 3.52. The van der Waals surface area contributed by atoms with Gasteiger partial charge in [0.1, 0.15) is 0 Å². The second kappa shape index (κ2) is 8.08. The van der Waals surface area contributed by atoms with Crippen molar-refractivity contribution in [1.82, 2.24) is 5.32 Å². The number of hydrogen-bond acceptors (Lipinski definition) is 3. The fourth-order valence-electron chi connectivity index (χ4n) is 2.41. The van der Waals surface area contributed by atoms with E-state index in [-0.39, 0.29) is 12.5 Å². The maximum atomic E-state index is 11.4. The topological polar surface area (TPSA) is 86.6 Å². The lowest BCUT2D eigenvalue weighted by molar-refractivity contribution is -0.146. The Hall–Kier alpha value is -1.10. The number of carboxylic acids is 1. The predicted molar refractivity (Wildman–Crippen MR) is 67.1 cm³/mol. The van der Waals surface area contributed by atoms with Gasteiger partial charge in [-0.05, 0) is 18.8 Å². The van der Waals surface area contributed by atoms with E-state index in [1.807, 2.05) is 0 Å². The van der Waals surface area contributed by atoms with Crippen molar-refractivity contribution in [2.24, 2.45) is 5.92 Å². The molecule has 1 unspecified atom stereocenters. The van der Waals surface area contributed by atoms with Gasteiger partial charge in [0.25, 0.3) is 0 Å². The fraction of sp³-hybridized carbons (Fsp3) is 0.846. The molecule has 5 nitrogen and oxygen atoms in total.